The lowest BCUT2D eigenvalue weighted by atomic mass is 10.2. The molecule has 1 aromatic carbocycles. The van der Waals surface area contributed by atoms with Crippen LogP contribution in [0.5, 0.6) is 0 Å². The molecule has 1 aromatic rings. The van der Waals surface area contributed by atoms with Gasteiger partial charge in [-0.3, -0.25) is 0 Å². The van der Waals surface area contributed by atoms with E-state index in [9.17, 15) is 0 Å². The predicted molar refractivity (Wildman–Crippen MR) is 62.0 cm³/mol. The van der Waals surface area contributed by atoms with Gasteiger partial charge < -0.3 is 5.11 Å². The zero-order valence-electron chi connectivity index (χ0n) is 8.85. The Hall–Kier alpha value is -1.34. The maximum Gasteiger partial charge on any atom is 0.0681 e. The van der Waals surface area contributed by atoms with Crippen molar-refractivity contribution in [3.63, 3.8) is 0 Å². The highest BCUT2D eigenvalue weighted by Crippen LogP contribution is 1.95. The van der Waals surface area contributed by atoms with Crippen molar-refractivity contribution in [3.05, 3.63) is 60.2 Å². The lowest BCUT2D eigenvalue weighted by molar-refractivity contribution is 0.282. The van der Waals surface area contributed by atoms with Crippen LogP contribution in [0.1, 0.15) is 19.4 Å². The minimum Gasteiger partial charge on any atom is -0.392 e. The van der Waals surface area contributed by atoms with Crippen molar-refractivity contribution < 1.29 is 5.11 Å². The van der Waals surface area contributed by atoms with Crippen LogP contribution in [0.15, 0.2) is 54.6 Å². The summed E-state index contributed by atoms with van der Waals surface area (Å²) in [5.41, 5.74) is 0.965. The SMILES string of the molecule is C/C=C\C=C/C.OCc1ccccc1. The lowest BCUT2D eigenvalue weighted by Crippen LogP contribution is -1.77. The molecule has 0 unspecified atom stereocenters. The van der Waals surface area contributed by atoms with E-state index in [0.717, 1.165) is 5.56 Å². The molecule has 0 atom stereocenters. The van der Waals surface area contributed by atoms with E-state index in [-0.39, 0.29) is 6.61 Å². The van der Waals surface area contributed by atoms with E-state index < -0.39 is 0 Å². The van der Waals surface area contributed by atoms with Gasteiger partial charge >= 0.3 is 0 Å². The van der Waals surface area contributed by atoms with Crippen LogP contribution in [0.2, 0.25) is 0 Å². The van der Waals surface area contributed by atoms with Gasteiger partial charge in [-0.05, 0) is 19.4 Å². The molecular formula is C13H18O. The van der Waals surface area contributed by atoms with Crippen LogP contribution >= 0.6 is 0 Å². The molecule has 0 aliphatic carbocycles. The average Bonchev–Trinajstić information content (AvgIpc) is 2.28. The largest absolute Gasteiger partial charge is 0.392 e. The number of hydrogen-bond donors (Lipinski definition) is 1. The van der Waals surface area contributed by atoms with Crippen LogP contribution in [0, 0.1) is 0 Å². The highest BCUT2D eigenvalue weighted by molar-refractivity contribution is 5.12. The van der Waals surface area contributed by atoms with Crippen molar-refractivity contribution in [2.75, 3.05) is 0 Å². The van der Waals surface area contributed by atoms with Crippen molar-refractivity contribution in [1.82, 2.24) is 0 Å². The van der Waals surface area contributed by atoms with E-state index in [0.29, 0.717) is 0 Å². The Morgan fingerprint density at radius 1 is 1.00 bits per heavy atom. The summed E-state index contributed by atoms with van der Waals surface area (Å²) in [6.45, 7) is 4.14. The Balaban J connectivity index is 0.000000255. The summed E-state index contributed by atoms with van der Waals surface area (Å²) < 4.78 is 0. The van der Waals surface area contributed by atoms with Crippen molar-refractivity contribution in [2.24, 2.45) is 0 Å². The van der Waals surface area contributed by atoms with E-state index in [4.69, 9.17) is 5.11 Å². The fourth-order valence-electron chi connectivity index (χ4n) is 0.806. The molecule has 0 bridgehead atoms. The van der Waals surface area contributed by atoms with Gasteiger partial charge in [-0.1, -0.05) is 54.6 Å². The van der Waals surface area contributed by atoms with Crippen molar-refractivity contribution in [2.45, 2.75) is 20.5 Å². The Labute approximate surface area is 86.4 Å². The fourth-order valence-corrected chi connectivity index (χ4v) is 0.806. The first-order chi connectivity index (χ1) is 6.85. The van der Waals surface area contributed by atoms with Gasteiger partial charge in [0.25, 0.3) is 0 Å². The van der Waals surface area contributed by atoms with E-state index in [2.05, 4.69) is 0 Å². The second-order valence-electron chi connectivity index (χ2n) is 2.70. The summed E-state index contributed by atoms with van der Waals surface area (Å²) in [5.74, 6) is 0. The zero-order valence-corrected chi connectivity index (χ0v) is 8.85. The third kappa shape index (κ3) is 7.32. The molecule has 0 aliphatic heterocycles. The first kappa shape index (κ1) is 12.7. The molecule has 1 N–H and O–H groups in total. The number of aliphatic hydroxyl groups excluding tert-OH is 1. The topological polar surface area (TPSA) is 20.2 Å². The van der Waals surface area contributed by atoms with Gasteiger partial charge in [0.15, 0.2) is 0 Å². The Morgan fingerprint density at radius 2 is 1.50 bits per heavy atom. The van der Waals surface area contributed by atoms with Crippen molar-refractivity contribution in [1.29, 1.82) is 0 Å². The fraction of sp³-hybridized carbons (Fsp3) is 0.231. The molecule has 0 amide bonds. The lowest BCUT2D eigenvalue weighted by Gasteiger charge is -1.89. The number of hydrogen-bond acceptors (Lipinski definition) is 1. The number of rotatable bonds is 2. The van der Waals surface area contributed by atoms with E-state index in [1.807, 2.05) is 68.5 Å². The Bertz CT molecular complexity index is 250. The highest BCUT2D eigenvalue weighted by atomic mass is 16.3. The van der Waals surface area contributed by atoms with Crippen LogP contribution < -0.4 is 0 Å². The molecule has 0 saturated heterocycles. The first-order valence-corrected chi connectivity index (χ1v) is 4.74. The molecule has 1 rings (SSSR count). The zero-order chi connectivity index (χ0) is 10.6. The maximum absolute atomic E-state index is 8.54. The van der Waals surface area contributed by atoms with Gasteiger partial charge in [0, 0.05) is 0 Å². The van der Waals surface area contributed by atoms with Gasteiger partial charge in [0.05, 0.1) is 6.61 Å². The number of aliphatic hydroxyl groups is 1. The monoisotopic (exact) mass is 190 g/mol. The quantitative estimate of drug-likeness (QED) is 0.709. The molecule has 1 heteroatoms. The van der Waals surface area contributed by atoms with Gasteiger partial charge in [-0.25, -0.2) is 0 Å². The second-order valence-corrected chi connectivity index (χ2v) is 2.70. The minimum absolute atomic E-state index is 0.140. The summed E-state index contributed by atoms with van der Waals surface area (Å²) in [4.78, 5) is 0. The van der Waals surface area contributed by atoms with Crippen LogP contribution in [-0.4, -0.2) is 5.11 Å². The molecule has 0 saturated carbocycles. The normalized spacial score (nSPS) is 10.2. The van der Waals surface area contributed by atoms with Gasteiger partial charge in [-0.2, -0.15) is 0 Å². The number of benzene rings is 1. The Morgan fingerprint density at radius 3 is 1.79 bits per heavy atom. The van der Waals surface area contributed by atoms with E-state index in [1.165, 1.54) is 0 Å². The Kier molecular flexibility index (Phi) is 8.81. The number of allylic oxidation sites excluding steroid dienone is 4. The minimum atomic E-state index is 0.140. The third-order valence-electron chi connectivity index (χ3n) is 1.52. The molecule has 76 valence electrons. The van der Waals surface area contributed by atoms with Crippen LogP contribution in [0.25, 0.3) is 0 Å². The predicted octanol–water partition coefficient (Wildman–Crippen LogP) is 3.32. The molecular weight excluding hydrogens is 172 g/mol. The maximum atomic E-state index is 8.54. The second kappa shape index (κ2) is 9.75. The molecule has 0 heterocycles. The molecule has 0 fully saturated rings. The first-order valence-electron chi connectivity index (χ1n) is 4.74. The van der Waals surface area contributed by atoms with Gasteiger partial charge in [0.2, 0.25) is 0 Å². The molecule has 0 aromatic heterocycles. The van der Waals surface area contributed by atoms with Crippen molar-refractivity contribution >= 4 is 0 Å². The van der Waals surface area contributed by atoms with Crippen LogP contribution in [0.4, 0.5) is 0 Å². The van der Waals surface area contributed by atoms with Crippen LogP contribution in [0.3, 0.4) is 0 Å². The molecule has 0 spiro atoms. The van der Waals surface area contributed by atoms with Crippen LogP contribution in [-0.2, 0) is 6.61 Å². The summed E-state index contributed by atoms with van der Waals surface area (Å²) in [7, 11) is 0. The summed E-state index contributed by atoms with van der Waals surface area (Å²) in [6, 6.07) is 9.52. The molecule has 1 nitrogen and oxygen atoms in total. The summed E-state index contributed by atoms with van der Waals surface area (Å²) >= 11 is 0. The molecule has 0 radical (unpaired) electrons. The average molecular weight is 190 g/mol. The van der Waals surface area contributed by atoms with E-state index in [1.54, 1.807) is 0 Å². The van der Waals surface area contributed by atoms with Gasteiger partial charge in [-0.15, -0.1) is 0 Å². The standard InChI is InChI=1S/C7H8O.C6H10/c8-6-7-4-2-1-3-5-7;1-3-5-6-4-2/h1-5,8H,6H2;3-6H,1-2H3/b;5-3-,6-4-. The van der Waals surface area contributed by atoms with Gasteiger partial charge in [0.1, 0.15) is 0 Å². The smallest absolute Gasteiger partial charge is 0.0681 e. The third-order valence-corrected chi connectivity index (χ3v) is 1.52. The molecule has 0 aliphatic rings. The van der Waals surface area contributed by atoms with Crippen molar-refractivity contribution in [3.8, 4) is 0 Å². The molecule has 14 heavy (non-hydrogen) atoms. The van der Waals surface area contributed by atoms with E-state index >= 15 is 0 Å². The summed E-state index contributed by atoms with van der Waals surface area (Å²) in [5, 5.41) is 8.54. The summed E-state index contributed by atoms with van der Waals surface area (Å²) in [6.07, 6.45) is 8.00. The highest BCUT2D eigenvalue weighted by Gasteiger charge is 1.81.